The van der Waals surface area contributed by atoms with E-state index in [4.69, 9.17) is 23.2 Å². The van der Waals surface area contributed by atoms with Crippen LogP contribution in [0.3, 0.4) is 0 Å². The quantitative estimate of drug-likeness (QED) is 0.140. The molecule has 0 aliphatic carbocycles. The Balaban J connectivity index is 1.26. The fraction of sp³-hybridized carbons (Fsp3) is 0.207. The number of halogens is 2. The Labute approximate surface area is 241 Å². The van der Waals surface area contributed by atoms with Gasteiger partial charge in [0.2, 0.25) is 0 Å². The van der Waals surface area contributed by atoms with E-state index in [1.807, 2.05) is 48.7 Å². The van der Waals surface area contributed by atoms with Crippen molar-refractivity contribution in [1.82, 2.24) is 19.9 Å². The Morgan fingerprint density at radius 1 is 1.05 bits per heavy atom. The average Bonchev–Trinajstić information content (AvgIpc) is 3.49. The van der Waals surface area contributed by atoms with Crippen molar-refractivity contribution >= 4 is 73.0 Å². The van der Waals surface area contributed by atoms with Gasteiger partial charge < -0.3 is 4.57 Å². The van der Waals surface area contributed by atoms with Gasteiger partial charge in [-0.3, -0.25) is 10.2 Å². The number of rotatable bonds is 9. The van der Waals surface area contributed by atoms with Gasteiger partial charge in [0.25, 0.3) is 0 Å². The van der Waals surface area contributed by atoms with Gasteiger partial charge in [0, 0.05) is 35.8 Å². The van der Waals surface area contributed by atoms with Crippen LogP contribution >= 0.6 is 34.5 Å². The molecule has 0 aliphatic rings. The average molecular weight is 580 g/mol. The fourth-order valence-corrected chi connectivity index (χ4v) is 5.70. The van der Waals surface area contributed by atoms with Crippen molar-refractivity contribution < 1.29 is 4.79 Å². The second kappa shape index (κ2) is 12.2. The zero-order valence-electron chi connectivity index (χ0n) is 21.6. The topological polar surface area (TPSA) is 74.6 Å². The molecule has 5 rings (SSSR count). The van der Waals surface area contributed by atoms with Gasteiger partial charge in [0.15, 0.2) is 5.13 Å². The molecule has 0 saturated carbocycles. The number of nitrogens with one attached hydrogen (secondary N) is 2. The third kappa shape index (κ3) is 6.42. The Bertz CT molecular complexity index is 1660. The van der Waals surface area contributed by atoms with Gasteiger partial charge in [-0.2, -0.15) is 5.10 Å². The molecule has 0 spiro atoms. The number of fused-ring (bicyclic) bond motifs is 2. The fourth-order valence-electron chi connectivity index (χ4n) is 4.46. The first-order valence-electron chi connectivity index (χ1n) is 12.7. The standard InChI is InChI=1S/C29H28Cl2N6OS/c1-3-36(4-2)16-20-10-12-25-27(14-20)39-29(33-25)34-28(38)35-32-15-21-18-37(26-8-6-5-7-22(21)26)17-19-9-11-23(30)24(31)13-19/h5-15,18H,3-4,16-17H2,1-2H3,(H2,33,34,35,38)/b32-15+. The largest absolute Gasteiger partial charge is 0.342 e. The van der Waals surface area contributed by atoms with E-state index in [0.29, 0.717) is 21.7 Å². The molecule has 0 aliphatic heterocycles. The summed E-state index contributed by atoms with van der Waals surface area (Å²) < 4.78 is 3.15. The molecule has 39 heavy (non-hydrogen) atoms. The van der Waals surface area contributed by atoms with Crippen LogP contribution in [0.5, 0.6) is 0 Å². The summed E-state index contributed by atoms with van der Waals surface area (Å²) in [5.41, 5.74) is 7.60. The third-order valence-electron chi connectivity index (χ3n) is 6.50. The number of para-hydroxylation sites is 1. The summed E-state index contributed by atoms with van der Waals surface area (Å²) in [4.78, 5) is 19.4. The van der Waals surface area contributed by atoms with Crippen LogP contribution in [0.1, 0.15) is 30.5 Å². The smallest absolute Gasteiger partial charge is 0.341 e. The van der Waals surface area contributed by atoms with Crippen LogP contribution < -0.4 is 10.7 Å². The summed E-state index contributed by atoms with van der Waals surface area (Å²) in [6, 6.07) is 19.4. The van der Waals surface area contributed by atoms with E-state index < -0.39 is 6.03 Å². The third-order valence-corrected chi connectivity index (χ3v) is 8.17. The number of aromatic nitrogens is 2. The van der Waals surface area contributed by atoms with Crippen molar-refractivity contribution in [3.63, 3.8) is 0 Å². The van der Waals surface area contributed by atoms with E-state index in [2.05, 4.69) is 56.3 Å². The predicted octanol–water partition coefficient (Wildman–Crippen LogP) is 7.60. The first-order valence-corrected chi connectivity index (χ1v) is 14.2. The molecule has 0 fully saturated rings. The van der Waals surface area contributed by atoms with Crippen molar-refractivity contribution in [2.75, 3.05) is 18.4 Å². The molecular formula is C29H28Cl2N6OS. The van der Waals surface area contributed by atoms with Gasteiger partial charge in [-0.15, -0.1) is 0 Å². The second-order valence-electron chi connectivity index (χ2n) is 9.08. The summed E-state index contributed by atoms with van der Waals surface area (Å²) in [6.07, 6.45) is 3.64. The van der Waals surface area contributed by atoms with Gasteiger partial charge in [-0.25, -0.2) is 15.2 Å². The molecule has 5 aromatic rings. The normalized spacial score (nSPS) is 11.7. The molecule has 0 atom stereocenters. The molecular weight excluding hydrogens is 551 g/mol. The summed E-state index contributed by atoms with van der Waals surface area (Å²) in [5.74, 6) is 0. The Kier molecular flexibility index (Phi) is 8.47. The van der Waals surface area contributed by atoms with E-state index in [9.17, 15) is 4.79 Å². The van der Waals surface area contributed by atoms with Crippen LogP contribution in [0.4, 0.5) is 9.93 Å². The van der Waals surface area contributed by atoms with Gasteiger partial charge in [-0.05, 0) is 54.5 Å². The molecule has 2 N–H and O–H groups in total. The Morgan fingerprint density at radius 3 is 2.64 bits per heavy atom. The zero-order valence-corrected chi connectivity index (χ0v) is 23.9. The number of nitrogens with zero attached hydrogens (tertiary/aromatic N) is 4. The van der Waals surface area contributed by atoms with Crippen molar-refractivity contribution in [3.8, 4) is 0 Å². The predicted molar refractivity (Wildman–Crippen MR) is 163 cm³/mol. The first-order chi connectivity index (χ1) is 18.9. The van der Waals surface area contributed by atoms with E-state index in [0.717, 1.165) is 51.9 Å². The lowest BCUT2D eigenvalue weighted by molar-refractivity contribution is 0.252. The number of amides is 2. The maximum Gasteiger partial charge on any atom is 0.341 e. The Morgan fingerprint density at radius 2 is 1.85 bits per heavy atom. The summed E-state index contributed by atoms with van der Waals surface area (Å²) in [5, 5.41) is 9.58. The first kappa shape index (κ1) is 27.1. The van der Waals surface area contributed by atoms with Gasteiger partial charge in [0.05, 0.1) is 26.5 Å². The Hall–Kier alpha value is -3.43. The maximum absolute atomic E-state index is 12.5. The molecule has 2 aromatic heterocycles. The molecule has 0 unspecified atom stereocenters. The SMILES string of the molecule is CCN(CC)Cc1ccc2nc(NC(=O)N/N=C/c3cn(Cc4ccc(Cl)c(Cl)c4)c4ccccc34)sc2c1. The number of anilines is 1. The van der Waals surface area contributed by atoms with Crippen molar-refractivity contribution in [2.45, 2.75) is 26.9 Å². The number of benzene rings is 3. The van der Waals surface area contributed by atoms with Crippen LogP contribution in [0.15, 0.2) is 72.0 Å². The van der Waals surface area contributed by atoms with Crippen molar-refractivity contribution in [2.24, 2.45) is 5.10 Å². The van der Waals surface area contributed by atoms with E-state index >= 15 is 0 Å². The minimum Gasteiger partial charge on any atom is -0.342 e. The molecule has 200 valence electrons. The molecule has 10 heteroatoms. The van der Waals surface area contributed by atoms with Gasteiger partial charge >= 0.3 is 6.03 Å². The van der Waals surface area contributed by atoms with E-state index in [1.165, 1.54) is 16.9 Å². The van der Waals surface area contributed by atoms with Crippen molar-refractivity contribution in [3.05, 3.63) is 93.6 Å². The van der Waals surface area contributed by atoms with Crippen LogP contribution in [-0.4, -0.2) is 39.8 Å². The highest BCUT2D eigenvalue weighted by atomic mass is 35.5. The number of hydrogen-bond donors (Lipinski definition) is 2. The lowest BCUT2D eigenvalue weighted by Gasteiger charge is -2.17. The van der Waals surface area contributed by atoms with Crippen LogP contribution in [0.25, 0.3) is 21.1 Å². The number of hydrogen-bond acceptors (Lipinski definition) is 5. The molecule has 7 nitrogen and oxygen atoms in total. The highest BCUT2D eigenvalue weighted by molar-refractivity contribution is 7.22. The number of hydrazone groups is 1. The monoisotopic (exact) mass is 578 g/mol. The molecule has 2 amide bonds. The number of urea groups is 1. The summed E-state index contributed by atoms with van der Waals surface area (Å²) in [7, 11) is 0. The van der Waals surface area contributed by atoms with E-state index in [1.54, 1.807) is 12.3 Å². The summed E-state index contributed by atoms with van der Waals surface area (Å²) in [6.45, 7) is 7.84. The maximum atomic E-state index is 12.5. The molecule has 2 heterocycles. The highest BCUT2D eigenvalue weighted by Crippen LogP contribution is 2.28. The van der Waals surface area contributed by atoms with Gasteiger partial charge in [-0.1, -0.05) is 78.7 Å². The summed E-state index contributed by atoms with van der Waals surface area (Å²) >= 11 is 13.7. The zero-order chi connectivity index (χ0) is 27.4. The minimum absolute atomic E-state index is 0.451. The number of carbonyl (C=O) groups is 1. The van der Waals surface area contributed by atoms with E-state index in [-0.39, 0.29) is 0 Å². The lowest BCUT2D eigenvalue weighted by Crippen LogP contribution is -2.24. The molecule has 0 saturated heterocycles. The van der Waals surface area contributed by atoms with Crippen LogP contribution in [-0.2, 0) is 13.1 Å². The molecule has 0 radical (unpaired) electrons. The second-order valence-corrected chi connectivity index (χ2v) is 10.9. The van der Waals surface area contributed by atoms with Crippen LogP contribution in [0, 0.1) is 0 Å². The molecule has 0 bridgehead atoms. The minimum atomic E-state index is -0.451. The highest BCUT2D eigenvalue weighted by Gasteiger charge is 2.11. The van der Waals surface area contributed by atoms with Gasteiger partial charge in [0.1, 0.15) is 0 Å². The number of thiazole rings is 1. The van der Waals surface area contributed by atoms with Crippen molar-refractivity contribution in [1.29, 1.82) is 0 Å². The molecule has 3 aromatic carbocycles. The lowest BCUT2D eigenvalue weighted by atomic mass is 10.2. The number of carbonyl (C=O) groups excluding carboxylic acids is 1. The van der Waals surface area contributed by atoms with Crippen LogP contribution in [0.2, 0.25) is 10.0 Å².